The van der Waals surface area contributed by atoms with Gasteiger partial charge in [0.15, 0.2) is 0 Å². The molecule has 0 aliphatic heterocycles. The third-order valence-electron chi connectivity index (χ3n) is 3.03. The summed E-state index contributed by atoms with van der Waals surface area (Å²) in [6, 6.07) is 7.11. The van der Waals surface area contributed by atoms with Crippen molar-refractivity contribution in [3.05, 3.63) is 42.5 Å². The molecule has 3 N–H and O–H groups in total. The molecule has 1 atom stereocenters. The number of amides is 1. The van der Waals surface area contributed by atoms with E-state index in [4.69, 9.17) is 5.73 Å². The van der Waals surface area contributed by atoms with E-state index in [1.54, 1.807) is 11.0 Å². The predicted molar refractivity (Wildman–Crippen MR) is 77.0 cm³/mol. The van der Waals surface area contributed by atoms with Crippen LogP contribution in [0.4, 0.5) is 5.69 Å². The Kier molecular flexibility index (Phi) is 4.47. The van der Waals surface area contributed by atoms with E-state index in [9.17, 15) is 4.79 Å². The summed E-state index contributed by atoms with van der Waals surface area (Å²) in [5, 5.41) is 6.89. The van der Waals surface area contributed by atoms with Crippen LogP contribution in [0.3, 0.4) is 0 Å². The second-order valence-corrected chi connectivity index (χ2v) is 5.05. The van der Waals surface area contributed by atoms with E-state index in [1.807, 2.05) is 38.1 Å². The Bertz CT molecular complexity index is 565. The molecule has 6 nitrogen and oxygen atoms in total. The number of nitrogens with zero attached hydrogens (tertiary/aromatic N) is 3. The highest BCUT2D eigenvalue weighted by Gasteiger charge is 2.17. The molecule has 6 heteroatoms. The summed E-state index contributed by atoms with van der Waals surface area (Å²) in [6.07, 6.45) is 3.15. The summed E-state index contributed by atoms with van der Waals surface area (Å²) < 4.78 is 1.72. The van der Waals surface area contributed by atoms with Crippen LogP contribution >= 0.6 is 0 Å². The van der Waals surface area contributed by atoms with Gasteiger partial charge in [-0.1, -0.05) is 26.0 Å². The molecule has 0 spiro atoms. The summed E-state index contributed by atoms with van der Waals surface area (Å²) in [5.41, 5.74) is 7.59. The SMILES string of the molecule is CC(C)C(N)C(=O)Nc1cccc(Cn2cncn2)c1. The molecule has 1 heterocycles. The zero-order chi connectivity index (χ0) is 14.5. The lowest BCUT2D eigenvalue weighted by Gasteiger charge is -2.15. The fourth-order valence-corrected chi connectivity index (χ4v) is 1.78. The Hall–Kier alpha value is -2.21. The molecule has 1 unspecified atom stereocenters. The number of hydrogen-bond donors (Lipinski definition) is 2. The van der Waals surface area contributed by atoms with Gasteiger partial charge in [-0.15, -0.1) is 0 Å². The first kappa shape index (κ1) is 14.2. The van der Waals surface area contributed by atoms with Gasteiger partial charge in [-0.05, 0) is 23.6 Å². The van der Waals surface area contributed by atoms with Crippen molar-refractivity contribution in [2.24, 2.45) is 11.7 Å². The quantitative estimate of drug-likeness (QED) is 0.858. The van der Waals surface area contributed by atoms with Crippen LogP contribution in [-0.4, -0.2) is 26.7 Å². The molecule has 2 rings (SSSR count). The Morgan fingerprint density at radius 1 is 1.45 bits per heavy atom. The molecule has 0 saturated heterocycles. The highest BCUT2D eigenvalue weighted by atomic mass is 16.2. The van der Waals surface area contributed by atoms with Gasteiger partial charge < -0.3 is 11.1 Å². The molecule has 106 valence electrons. The molecule has 1 amide bonds. The zero-order valence-electron chi connectivity index (χ0n) is 11.7. The first-order valence-electron chi connectivity index (χ1n) is 6.54. The molecule has 1 aromatic heterocycles. The van der Waals surface area contributed by atoms with Crippen molar-refractivity contribution in [1.29, 1.82) is 0 Å². The Balaban J connectivity index is 2.04. The minimum absolute atomic E-state index is 0.105. The first-order chi connectivity index (χ1) is 9.56. The molecule has 0 bridgehead atoms. The Labute approximate surface area is 118 Å². The number of nitrogens with one attached hydrogen (secondary N) is 1. The van der Waals surface area contributed by atoms with Crippen LogP contribution in [0.15, 0.2) is 36.9 Å². The van der Waals surface area contributed by atoms with Crippen molar-refractivity contribution in [1.82, 2.24) is 14.8 Å². The van der Waals surface area contributed by atoms with E-state index < -0.39 is 6.04 Å². The van der Waals surface area contributed by atoms with Crippen molar-refractivity contribution >= 4 is 11.6 Å². The summed E-state index contributed by atoms with van der Waals surface area (Å²) >= 11 is 0. The van der Waals surface area contributed by atoms with Crippen LogP contribution in [0.25, 0.3) is 0 Å². The summed E-state index contributed by atoms with van der Waals surface area (Å²) in [5.74, 6) is -0.0637. The van der Waals surface area contributed by atoms with Crippen LogP contribution in [0.5, 0.6) is 0 Å². The van der Waals surface area contributed by atoms with Gasteiger partial charge >= 0.3 is 0 Å². The normalized spacial score (nSPS) is 12.4. The molecular weight excluding hydrogens is 254 g/mol. The van der Waals surface area contributed by atoms with E-state index in [0.29, 0.717) is 6.54 Å². The van der Waals surface area contributed by atoms with Crippen LogP contribution < -0.4 is 11.1 Å². The lowest BCUT2D eigenvalue weighted by Crippen LogP contribution is -2.39. The highest BCUT2D eigenvalue weighted by Crippen LogP contribution is 2.12. The summed E-state index contributed by atoms with van der Waals surface area (Å²) in [6.45, 7) is 4.46. The van der Waals surface area contributed by atoms with Crippen LogP contribution in [-0.2, 0) is 11.3 Å². The fourth-order valence-electron chi connectivity index (χ4n) is 1.78. The minimum atomic E-state index is -0.506. The molecule has 0 saturated carbocycles. The Morgan fingerprint density at radius 3 is 2.90 bits per heavy atom. The number of anilines is 1. The van der Waals surface area contributed by atoms with Gasteiger partial charge in [0.25, 0.3) is 0 Å². The van der Waals surface area contributed by atoms with E-state index in [1.165, 1.54) is 6.33 Å². The molecule has 0 radical (unpaired) electrons. The molecule has 0 aliphatic carbocycles. The standard InChI is InChI=1S/C14H19N5O/c1-10(2)13(15)14(20)18-12-5-3-4-11(6-12)7-19-9-16-8-17-19/h3-6,8-10,13H,7,15H2,1-2H3,(H,18,20). The van der Waals surface area contributed by atoms with Gasteiger partial charge in [-0.2, -0.15) is 5.10 Å². The van der Waals surface area contributed by atoms with Gasteiger partial charge in [0, 0.05) is 5.69 Å². The lowest BCUT2D eigenvalue weighted by atomic mass is 10.0. The first-order valence-corrected chi connectivity index (χ1v) is 6.54. The van der Waals surface area contributed by atoms with Gasteiger partial charge in [-0.3, -0.25) is 4.79 Å². The number of carbonyl (C=O) groups is 1. The summed E-state index contributed by atoms with van der Waals surface area (Å²) in [4.78, 5) is 15.8. The van der Waals surface area contributed by atoms with Gasteiger partial charge in [0.05, 0.1) is 12.6 Å². The lowest BCUT2D eigenvalue weighted by molar-refractivity contribution is -0.118. The maximum atomic E-state index is 11.9. The second kappa shape index (κ2) is 6.29. The van der Waals surface area contributed by atoms with Crippen LogP contribution in [0.2, 0.25) is 0 Å². The number of rotatable bonds is 5. The minimum Gasteiger partial charge on any atom is -0.325 e. The molecule has 0 aliphatic rings. The number of nitrogens with two attached hydrogens (primary N) is 1. The molecule has 20 heavy (non-hydrogen) atoms. The van der Waals surface area contributed by atoms with E-state index >= 15 is 0 Å². The number of benzene rings is 1. The van der Waals surface area contributed by atoms with Crippen molar-refractivity contribution in [2.75, 3.05) is 5.32 Å². The fraction of sp³-hybridized carbons (Fsp3) is 0.357. The Morgan fingerprint density at radius 2 is 2.25 bits per heavy atom. The van der Waals surface area contributed by atoms with Crippen molar-refractivity contribution in [3.63, 3.8) is 0 Å². The third kappa shape index (κ3) is 3.64. The van der Waals surface area contributed by atoms with E-state index in [0.717, 1.165) is 11.3 Å². The van der Waals surface area contributed by atoms with Gasteiger partial charge in [0.2, 0.25) is 5.91 Å². The second-order valence-electron chi connectivity index (χ2n) is 5.05. The van der Waals surface area contributed by atoms with Crippen molar-refractivity contribution in [2.45, 2.75) is 26.4 Å². The average Bonchev–Trinajstić information content (AvgIpc) is 2.91. The van der Waals surface area contributed by atoms with Crippen LogP contribution in [0, 0.1) is 5.92 Å². The maximum absolute atomic E-state index is 11.9. The number of carbonyl (C=O) groups excluding carboxylic acids is 1. The van der Waals surface area contributed by atoms with Gasteiger partial charge in [0.1, 0.15) is 12.7 Å². The molecule has 0 fully saturated rings. The van der Waals surface area contributed by atoms with Crippen LogP contribution in [0.1, 0.15) is 19.4 Å². The largest absolute Gasteiger partial charge is 0.325 e. The summed E-state index contributed by atoms with van der Waals surface area (Å²) in [7, 11) is 0. The number of aromatic nitrogens is 3. The monoisotopic (exact) mass is 273 g/mol. The van der Waals surface area contributed by atoms with Crippen molar-refractivity contribution in [3.8, 4) is 0 Å². The smallest absolute Gasteiger partial charge is 0.241 e. The van der Waals surface area contributed by atoms with E-state index in [-0.39, 0.29) is 11.8 Å². The van der Waals surface area contributed by atoms with Gasteiger partial charge in [-0.25, -0.2) is 9.67 Å². The number of hydrogen-bond acceptors (Lipinski definition) is 4. The van der Waals surface area contributed by atoms with Crippen molar-refractivity contribution < 1.29 is 4.79 Å². The predicted octanol–water partition coefficient (Wildman–Crippen LogP) is 1.25. The zero-order valence-corrected chi connectivity index (χ0v) is 11.7. The average molecular weight is 273 g/mol. The molecule has 1 aromatic carbocycles. The molecular formula is C14H19N5O. The molecule has 2 aromatic rings. The van der Waals surface area contributed by atoms with E-state index in [2.05, 4.69) is 15.4 Å². The highest BCUT2D eigenvalue weighted by molar-refractivity contribution is 5.94. The third-order valence-corrected chi connectivity index (χ3v) is 3.03. The topological polar surface area (TPSA) is 85.8 Å². The maximum Gasteiger partial charge on any atom is 0.241 e.